The largest absolute Gasteiger partial charge is 0.366 e. The molecular weight excluding hydrogens is 184 g/mol. The van der Waals surface area contributed by atoms with Crippen molar-refractivity contribution in [2.75, 3.05) is 14.1 Å². The highest BCUT2D eigenvalue weighted by Gasteiger charge is 2.13. The lowest BCUT2D eigenvalue weighted by molar-refractivity contribution is 0.436. The molecule has 0 saturated heterocycles. The zero-order valence-corrected chi connectivity index (χ0v) is 10.6. The van der Waals surface area contributed by atoms with Crippen LogP contribution in [0.2, 0.25) is 0 Å². The van der Waals surface area contributed by atoms with Crippen molar-refractivity contribution in [1.82, 2.24) is 4.90 Å². The molecule has 0 atom stereocenters. The average molecular weight is 210 g/mol. The zero-order chi connectivity index (χ0) is 11.1. The molecule has 0 aromatic rings. The Labute approximate surface area is 94.8 Å². The fraction of sp³-hybridized carbons (Fsp3) is 0.923. The summed E-state index contributed by atoms with van der Waals surface area (Å²) in [5.74, 6) is 1.31. The van der Waals surface area contributed by atoms with Gasteiger partial charge in [-0.3, -0.25) is 4.99 Å². The summed E-state index contributed by atoms with van der Waals surface area (Å²) in [4.78, 5) is 7.11. The molecule has 0 aromatic heterocycles. The molecule has 2 nitrogen and oxygen atoms in total. The van der Waals surface area contributed by atoms with Gasteiger partial charge in [0.15, 0.2) is 0 Å². The highest BCUT2D eigenvalue weighted by Crippen LogP contribution is 2.21. The average Bonchev–Trinajstić information content (AvgIpc) is 2.25. The molecule has 15 heavy (non-hydrogen) atoms. The van der Waals surface area contributed by atoms with Crippen LogP contribution in [0.15, 0.2) is 4.99 Å². The summed E-state index contributed by atoms with van der Waals surface area (Å²) in [6.07, 6.45) is 10.5. The van der Waals surface area contributed by atoms with Crippen molar-refractivity contribution in [2.24, 2.45) is 4.99 Å². The van der Waals surface area contributed by atoms with Crippen LogP contribution in [0.4, 0.5) is 0 Å². The third-order valence-electron chi connectivity index (χ3n) is 3.18. The number of amidine groups is 1. The fourth-order valence-corrected chi connectivity index (χ4v) is 2.16. The standard InChI is InChI=1S/C13H26N2/c1-4-5-11-13(15(2)3)14-12-9-7-6-8-10-12/h12H,4-11H2,1-3H3. The van der Waals surface area contributed by atoms with E-state index in [1.807, 2.05) is 0 Å². The number of hydrogen-bond acceptors (Lipinski definition) is 1. The van der Waals surface area contributed by atoms with E-state index in [-0.39, 0.29) is 0 Å². The first kappa shape index (κ1) is 12.5. The molecule has 1 fully saturated rings. The molecular formula is C13H26N2. The van der Waals surface area contributed by atoms with Gasteiger partial charge in [-0.2, -0.15) is 0 Å². The number of aliphatic imine (C=N–C) groups is 1. The van der Waals surface area contributed by atoms with E-state index in [9.17, 15) is 0 Å². The van der Waals surface area contributed by atoms with Crippen LogP contribution in [0.3, 0.4) is 0 Å². The topological polar surface area (TPSA) is 15.6 Å². The van der Waals surface area contributed by atoms with Gasteiger partial charge < -0.3 is 4.90 Å². The van der Waals surface area contributed by atoms with E-state index in [0.717, 1.165) is 6.42 Å². The molecule has 1 saturated carbocycles. The lowest BCUT2D eigenvalue weighted by Gasteiger charge is -2.22. The molecule has 0 heterocycles. The van der Waals surface area contributed by atoms with Gasteiger partial charge in [-0.25, -0.2) is 0 Å². The lowest BCUT2D eigenvalue weighted by atomic mass is 9.96. The molecule has 1 aliphatic rings. The van der Waals surface area contributed by atoms with Gasteiger partial charge in [0.1, 0.15) is 0 Å². The van der Waals surface area contributed by atoms with Crippen molar-refractivity contribution in [3.8, 4) is 0 Å². The maximum atomic E-state index is 4.92. The quantitative estimate of drug-likeness (QED) is 0.512. The van der Waals surface area contributed by atoms with E-state index < -0.39 is 0 Å². The van der Waals surface area contributed by atoms with Crippen molar-refractivity contribution in [2.45, 2.75) is 64.3 Å². The van der Waals surface area contributed by atoms with Gasteiger partial charge in [0, 0.05) is 20.5 Å². The Morgan fingerprint density at radius 1 is 1.20 bits per heavy atom. The predicted octanol–water partition coefficient (Wildman–Crippen LogP) is 3.47. The summed E-state index contributed by atoms with van der Waals surface area (Å²) >= 11 is 0. The first-order valence-corrected chi connectivity index (χ1v) is 6.48. The third kappa shape index (κ3) is 4.67. The minimum atomic E-state index is 0.619. The number of hydrogen-bond donors (Lipinski definition) is 0. The highest BCUT2D eigenvalue weighted by atomic mass is 15.1. The Morgan fingerprint density at radius 3 is 2.40 bits per heavy atom. The summed E-state index contributed by atoms with van der Waals surface area (Å²) in [6, 6.07) is 0.619. The maximum absolute atomic E-state index is 4.92. The minimum Gasteiger partial charge on any atom is -0.366 e. The number of nitrogens with zero attached hydrogens (tertiary/aromatic N) is 2. The molecule has 1 aliphatic carbocycles. The molecule has 0 aliphatic heterocycles. The summed E-state index contributed by atoms with van der Waals surface area (Å²) in [6.45, 7) is 2.24. The molecule has 88 valence electrons. The van der Waals surface area contributed by atoms with Crippen LogP contribution in [0.25, 0.3) is 0 Å². The van der Waals surface area contributed by atoms with Gasteiger partial charge in [-0.05, 0) is 19.3 Å². The Kier molecular flexibility index (Phi) is 5.74. The third-order valence-corrected chi connectivity index (χ3v) is 3.18. The van der Waals surface area contributed by atoms with Crippen LogP contribution < -0.4 is 0 Å². The van der Waals surface area contributed by atoms with Crippen LogP contribution in [0.1, 0.15) is 58.3 Å². The SMILES string of the molecule is CCCCC(=NC1CCCCC1)N(C)C. The summed E-state index contributed by atoms with van der Waals surface area (Å²) < 4.78 is 0. The second kappa shape index (κ2) is 6.86. The van der Waals surface area contributed by atoms with Crippen molar-refractivity contribution in [1.29, 1.82) is 0 Å². The monoisotopic (exact) mass is 210 g/mol. The Bertz CT molecular complexity index is 191. The molecule has 0 aromatic carbocycles. The van der Waals surface area contributed by atoms with Crippen molar-refractivity contribution in [3.63, 3.8) is 0 Å². The molecule has 0 radical (unpaired) electrons. The molecule has 0 unspecified atom stereocenters. The Morgan fingerprint density at radius 2 is 1.87 bits per heavy atom. The van der Waals surface area contributed by atoms with E-state index in [2.05, 4.69) is 25.9 Å². The number of unbranched alkanes of at least 4 members (excludes halogenated alkanes) is 1. The maximum Gasteiger partial charge on any atom is 0.0987 e. The normalized spacial score (nSPS) is 19.3. The van der Waals surface area contributed by atoms with Gasteiger partial charge in [0.2, 0.25) is 0 Å². The Balaban J connectivity index is 2.48. The fourth-order valence-electron chi connectivity index (χ4n) is 2.16. The predicted molar refractivity (Wildman–Crippen MR) is 67.5 cm³/mol. The van der Waals surface area contributed by atoms with Crippen LogP contribution in [-0.4, -0.2) is 30.9 Å². The molecule has 0 amide bonds. The van der Waals surface area contributed by atoms with E-state index in [4.69, 9.17) is 4.99 Å². The first-order chi connectivity index (χ1) is 7.24. The van der Waals surface area contributed by atoms with Gasteiger partial charge in [-0.15, -0.1) is 0 Å². The highest BCUT2D eigenvalue weighted by molar-refractivity contribution is 5.81. The lowest BCUT2D eigenvalue weighted by Crippen LogP contribution is -2.25. The van der Waals surface area contributed by atoms with Gasteiger partial charge in [-0.1, -0.05) is 32.6 Å². The second-order valence-electron chi connectivity index (χ2n) is 4.84. The van der Waals surface area contributed by atoms with Gasteiger partial charge in [0.05, 0.1) is 11.9 Å². The van der Waals surface area contributed by atoms with E-state index in [1.54, 1.807) is 0 Å². The second-order valence-corrected chi connectivity index (χ2v) is 4.84. The molecule has 2 heteroatoms. The van der Waals surface area contributed by atoms with E-state index >= 15 is 0 Å². The van der Waals surface area contributed by atoms with Crippen molar-refractivity contribution >= 4 is 5.84 Å². The zero-order valence-electron chi connectivity index (χ0n) is 10.6. The van der Waals surface area contributed by atoms with Crippen LogP contribution in [0.5, 0.6) is 0 Å². The molecule has 0 bridgehead atoms. The van der Waals surface area contributed by atoms with Crippen LogP contribution in [0, 0.1) is 0 Å². The molecule has 0 spiro atoms. The van der Waals surface area contributed by atoms with Crippen molar-refractivity contribution < 1.29 is 0 Å². The smallest absolute Gasteiger partial charge is 0.0987 e. The Hall–Kier alpha value is -0.530. The van der Waals surface area contributed by atoms with Crippen LogP contribution in [-0.2, 0) is 0 Å². The first-order valence-electron chi connectivity index (χ1n) is 6.48. The minimum absolute atomic E-state index is 0.619. The summed E-state index contributed by atoms with van der Waals surface area (Å²) in [7, 11) is 4.24. The van der Waals surface area contributed by atoms with E-state index in [0.29, 0.717) is 6.04 Å². The van der Waals surface area contributed by atoms with Gasteiger partial charge in [0.25, 0.3) is 0 Å². The number of rotatable bonds is 4. The van der Waals surface area contributed by atoms with Crippen molar-refractivity contribution in [3.05, 3.63) is 0 Å². The van der Waals surface area contributed by atoms with Crippen LogP contribution >= 0.6 is 0 Å². The van der Waals surface area contributed by atoms with Gasteiger partial charge >= 0.3 is 0 Å². The molecule has 0 N–H and O–H groups in total. The molecule has 1 rings (SSSR count). The van der Waals surface area contributed by atoms with E-state index in [1.165, 1.54) is 50.8 Å². The summed E-state index contributed by atoms with van der Waals surface area (Å²) in [5.41, 5.74) is 0. The summed E-state index contributed by atoms with van der Waals surface area (Å²) in [5, 5.41) is 0.